The monoisotopic (exact) mass is 503 g/mol. The molecule has 37 heavy (non-hydrogen) atoms. The standard InChI is InChI=1S/C26H29N7O4/c1-18-32(8-3-4-10-37-18)16-20-12-19-6-5-9-33(25(19)30-23(20)17-34)26(35)31-24-13-22(28-7-11-36-2)21(14-27)15-29-24/h3-4,8,10,12-13,15,17-18H,5-7,9,11,16H2,1-2H3,(H2,28,29,31,35). The Morgan fingerprint density at radius 2 is 2.24 bits per heavy atom. The van der Waals surface area contributed by atoms with Gasteiger partial charge in [-0.05, 0) is 43.5 Å². The fourth-order valence-electron chi connectivity index (χ4n) is 4.15. The Bertz CT molecular complexity index is 1250. The molecule has 0 bridgehead atoms. The van der Waals surface area contributed by atoms with Gasteiger partial charge in [-0.15, -0.1) is 0 Å². The number of aldehydes is 1. The van der Waals surface area contributed by atoms with E-state index in [4.69, 9.17) is 9.47 Å². The molecule has 0 saturated carbocycles. The number of pyridine rings is 2. The zero-order valence-corrected chi connectivity index (χ0v) is 20.8. The molecule has 11 heteroatoms. The van der Waals surface area contributed by atoms with Crippen molar-refractivity contribution in [2.75, 3.05) is 42.3 Å². The molecule has 2 aromatic rings. The first kappa shape index (κ1) is 25.7. The molecule has 0 radical (unpaired) electrons. The van der Waals surface area contributed by atoms with Crippen LogP contribution in [0.1, 0.15) is 40.5 Å². The Labute approximate surface area is 215 Å². The van der Waals surface area contributed by atoms with Gasteiger partial charge in [-0.2, -0.15) is 5.26 Å². The van der Waals surface area contributed by atoms with Crippen LogP contribution in [-0.2, 0) is 22.4 Å². The van der Waals surface area contributed by atoms with Gasteiger partial charge in [-0.1, -0.05) is 0 Å². The highest BCUT2D eigenvalue weighted by molar-refractivity contribution is 6.01. The third-order valence-electron chi connectivity index (χ3n) is 6.08. The number of amides is 2. The number of nitrogens with one attached hydrogen (secondary N) is 2. The van der Waals surface area contributed by atoms with Crippen molar-refractivity contribution in [1.82, 2.24) is 14.9 Å². The smallest absolute Gasteiger partial charge is 0.328 e. The largest absolute Gasteiger partial charge is 0.478 e. The van der Waals surface area contributed by atoms with Crippen molar-refractivity contribution in [3.05, 3.63) is 65.3 Å². The number of fused-ring (bicyclic) bond motifs is 1. The number of nitrogens with zero attached hydrogens (tertiary/aromatic N) is 5. The van der Waals surface area contributed by atoms with Gasteiger partial charge in [-0.3, -0.25) is 15.0 Å². The van der Waals surface area contributed by atoms with Crippen molar-refractivity contribution >= 4 is 29.6 Å². The highest BCUT2D eigenvalue weighted by Gasteiger charge is 2.27. The van der Waals surface area contributed by atoms with Crippen molar-refractivity contribution in [2.45, 2.75) is 32.5 Å². The summed E-state index contributed by atoms with van der Waals surface area (Å²) in [6.45, 7) is 3.77. The number of anilines is 3. The van der Waals surface area contributed by atoms with Crippen LogP contribution in [0.15, 0.2) is 42.9 Å². The first-order chi connectivity index (χ1) is 18.0. The molecule has 0 aromatic carbocycles. The molecule has 2 amide bonds. The average molecular weight is 504 g/mol. The molecule has 0 aliphatic carbocycles. The van der Waals surface area contributed by atoms with Crippen molar-refractivity contribution < 1.29 is 19.1 Å². The van der Waals surface area contributed by atoms with Crippen molar-refractivity contribution in [1.29, 1.82) is 5.26 Å². The third-order valence-corrected chi connectivity index (χ3v) is 6.08. The number of aryl methyl sites for hydroxylation is 1. The van der Waals surface area contributed by atoms with Crippen LogP contribution in [0.5, 0.6) is 0 Å². The maximum absolute atomic E-state index is 13.2. The predicted octanol–water partition coefficient (Wildman–Crippen LogP) is 3.41. The highest BCUT2D eigenvalue weighted by atomic mass is 16.5. The minimum absolute atomic E-state index is 0.207. The minimum Gasteiger partial charge on any atom is -0.478 e. The van der Waals surface area contributed by atoms with Gasteiger partial charge in [0, 0.05) is 50.8 Å². The van der Waals surface area contributed by atoms with Gasteiger partial charge in [0.1, 0.15) is 23.4 Å². The molecule has 1 unspecified atom stereocenters. The molecule has 0 saturated heterocycles. The van der Waals surface area contributed by atoms with E-state index in [0.29, 0.717) is 55.4 Å². The number of carbonyl (C=O) groups is 2. The maximum atomic E-state index is 13.2. The molecule has 4 rings (SSSR count). The number of methoxy groups -OCH3 is 1. The van der Waals surface area contributed by atoms with Gasteiger partial charge in [0.2, 0.25) is 0 Å². The second-order valence-corrected chi connectivity index (χ2v) is 8.54. The summed E-state index contributed by atoms with van der Waals surface area (Å²) >= 11 is 0. The lowest BCUT2D eigenvalue weighted by Crippen LogP contribution is -2.40. The van der Waals surface area contributed by atoms with Crippen molar-refractivity contribution in [3.63, 3.8) is 0 Å². The van der Waals surface area contributed by atoms with Crippen LogP contribution in [0.4, 0.5) is 22.1 Å². The summed E-state index contributed by atoms with van der Waals surface area (Å²) in [4.78, 5) is 37.5. The lowest BCUT2D eigenvalue weighted by atomic mass is 10.0. The number of rotatable bonds is 8. The molecule has 0 fully saturated rings. The molecule has 0 spiro atoms. The number of hydrogen-bond acceptors (Lipinski definition) is 9. The summed E-state index contributed by atoms with van der Waals surface area (Å²) in [5, 5.41) is 15.3. The lowest BCUT2D eigenvalue weighted by Gasteiger charge is -2.30. The van der Waals surface area contributed by atoms with Crippen LogP contribution in [-0.4, -0.2) is 60.2 Å². The van der Waals surface area contributed by atoms with E-state index in [9.17, 15) is 14.9 Å². The summed E-state index contributed by atoms with van der Waals surface area (Å²) in [6, 6.07) is 5.22. The SMILES string of the molecule is COCCNc1cc(NC(=O)N2CCCc3cc(CN4C=CC=COC4C)c(C=O)nc32)ncc1C#N. The number of nitriles is 1. The van der Waals surface area contributed by atoms with E-state index in [1.165, 1.54) is 11.1 Å². The summed E-state index contributed by atoms with van der Waals surface area (Å²) in [6.07, 6.45) is 10.6. The molecule has 4 heterocycles. The van der Waals surface area contributed by atoms with E-state index >= 15 is 0 Å². The fraction of sp³-hybridized carbons (Fsp3) is 0.346. The van der Waals surface area contributed by atoms with Crippen LogP contribution in [0.25, 0.3) is 0 Å². The average Bonchev–Trinajstić information content (AvgIpc) is 3.11. The Kier molecular flexibility index (Phi) is 8.33. The topological polar surface area (TPSA) is 133 Å². The zero-order valence-electron chi connectivity index (χ0n) is 20.8. The van der Waals surface area contributed by atoms with E-state index in [2.05, 4.69) is 26.7 Å². The lowest BCUT2D eigenvalue weighted by molar-refractivity contribution is 0.0351. The second-order valence-electron chi connectivity index (χ2n) is 8.54. The molecular weight excluding hydrogens is 474 g/mol. The van der Waals surface area contributed by atoms with E-state index in [0.717, 1.165) is 24.0 Å². The number of allylic oxidation sites excluding steroid dienone is 2. The first-order valence-corrected chi connectivity index (χ1v) is 12.0. The number of urea groups is 1. The summed E-state index contributed by atoms with van der Waals surface area (Å²) in [5.74, 6) is 0.748. The van der Waals surface area contributed by atoms with E-state index in [1.807, 2.05) is 30.2 Å². The number of carbonyl (C=O) groups excluding carboxylic acids is 2. The highest BCUT2D eigenvalue weighted by Crippen LogP contribution is 2.29. The first-order valence-electron chi connectivity index (χ1n) is 12.0. The predicted molar refractivity (Wildman–Crippen MR) is 138 cm³/mol. The number of ether oxygens (including phenoxy) is 2. The summed E-state index contributed by atoms with van der Waals surface area (Å²) < 4.78 is 10.6. The molecule has 11 nitrogen and oxygen atoms in total. The van der Waals surface area contributed by atoms with Crippen LogP contribution in [0.2, 0.25) is 0 Å². The number of hydrogen-bond donors (Lipinski definition) is 2. The summed E-state index contributed by atoms with van der Waals surface area (Å²) in [7, 11) is 1.59. The van der Waals surface area contributed by atoms with Crippen LogP contribution in [0.3, 0.4) is 0 Å². The second kappa shape index (κ2) is 12.0. The zero-order chi connectivity index (χ0) is 26.2. The Morgan fingerprint density at radius 3 is 3.03 bits per heavy atom. The maximum Gasteiger partial charge on any atom is 0.328 e. The molecular formula is C26H29N7O4. The van der Waals surface area contributed by atoms with Crippen LogP contribution >= 0.6 is 0 Å². The fourth-order valence-corrected chi connectivity index (χ4v) is 4.15. The van der Waals surface area contributed by atoms with Gasteiger partial charge < -0.3 is 19.7 Å². The molecule has 192 valence electrons. The molecule has 1 atom stereocenters. The number of aromatic nitrogens is 2. The molecule has 2 aromatic heterocycles. The van der Waals surface area contributed by atoms with Crippen molar-refractivity contribution in [3.8, 4) is 6.07 Å². The van der Waals surface area contributed by atoms with Gasteiger partial charge in [-0.25, -0.2) is 14.8 Å². The molecule has 2 aliphatic rings. The Hall–Kier alpha value is -4.43. The minimum atomic E-state index is -0.415. The van der Waals surface area contributed by atoms with Crippen LogP contribution < -0.4 is 15.5 Å². The quantitative estimate of drug-likeness (QED) is 0.411. The van der Waals surface area contributed by atoms with Crippen molar-refractivity contribution in [2.24, 2.45) is 0 Å². The van der Waals surface area contributed by atoms with Gasteiger partial charge in [0.15, 0.2) is 12.5 Å². The Morgan fingerprint density at radius 1 is 1.38 bits per heavy atom. The Balaban J connectivity index is 1.54. The van der Waals surface area contributed by atoms with Crippen LogP contribution in [0, 0.1) is 11.3 Å². The van der Waals surface area contributed by atoms with E-state index in [-0.39, 0.29) is 11.9 Å². The van der Waals surface area contributed by atoms with Gasteiger partial charge in [0.05, 0.1) is 24.1 Å². The van der Waals surface area contributed by atoms with Gasteiger partial charge >= 0.3 is 6.03 Å². The normalized spacial score (nSPS) is 16.3. The van der Waals surface area contributed by atoms with E-state index in [1.54, 1.807) is 25.5 Å². The summed E-state index contributed by atoms with van der Waals surface area (Å²) in [5.41, 5.74) is 2.83. The molecule has 2 N–H and O–H groups in total. The third kappa shape index (κ3) is 6.05. The van der Waals surface area contributed by atoms with E-state index < -0.39 is 6.03 Å². The molecule has 2 aliphatic heterocycles. The van der Waals surface area contributed by atoms with Gasteiger partial charge in [0.25, 0.3) is 0 Å².